The molecular weight excluding hydrogens is 266 g/mol. The summed E-state index contributed by atoms with van der Waals surface area (Å²) in [5.41, 5.74) is 0. The van der Waals surface area contributed by atoms with Crippen LogP contribution in [0.5, 0.6) is 0 Å². The van der Waals surface area contributed by atoms with Gasteiger partial charge in [0.15, 0.2) is 0 Å². The quantitative estimate of drug-likeness (QED) is 0.468. The van der Waals surface area contributed by atoms with Crippen LogP contribution in [0.25, 0.3) is 0 Å². The van der Waals surface area contributed by atoms with E-state index >= 15 is 0 Å². The smallest absolute Gasteiger partial charge is 0.0953 e. The van der Waals surface area contributed by atoms with E-state index in [1.807, 2.05) is 6.92 Å². The monoisotopic (exact) mass is 268 g/mol. The predicted octanol–water partition coefficient (Wildman–Crippen LogP) is 2.73. The van der Waals surface area contributed by atoms with Crippen molar-refractivity contribution in [3.63, 3.8) is 0 Å². The van der Waals surface area contributed by atoms with E-state index in [4.69, 9.17) is 11.6 Å². The summed E-state index contributed by atoms with van der Waals surface area (Å²) in [7, 11) is 0. The second-order valence-electron chi connectivity index (χ2n) is 0.781. The predicted molar refractivity (Wildman–Crippen MR) is 37.2 cm³/mol. The van der Waals surface area contributed by atoms with Crippen molar-refractivity contribution in [2.45, 2.75) is 8.71 Å². The molecule has 0 aliphatic rings. The minimum absolute atomic E-state index is 0.245. The molecule has 0 saturated heterocycles. The molecule has 0 spiro atoms. The number of halogens is 3. The number of hydrogen-bond acceptors (Lipinski definition) is 0. The van der Waals surface area contributed by atoms with Gasteiger partial charge in [-0.15, -0.1) is 0 Å². The third kappa shape index (κ3) is 29.9. The van der Waals surface area contributed by atoms with Crippen LogP contribution in [0.2, 0.25) is 0 Å². The van der Waals surface area contributed by atoms with Crippen molar-refractivity contribution >= 4 is 50.1 Å². The van der Waals surface area contributed by atoms with Crippen LogP contribution in [0, 0.1) is 0 Å². The lowest BCUT2D eigenvalue weighted by Gasteiger charge is -1.96. The maximum absolute atomic E-state index is 5.43. The third-order valence-electron chi connectivity index (χ3n) is 0. The highest BCUT2D eigenvalue weighted by Crippen LogP contribution is 2.29. The largest absolute Gasteiger partial charge is 0.147 e. The van der Waals surface area contributed by atoms with Gasteiger partial charge in [-0.1, -0.05) is 27.5 Å². The summed E-state index contributed by atoms with van der Waals surface area (Å²) in [6.07, 6.45) is 0. The zero-order valence-corrected chi connectivity index (χ0v) is 7.13. The lowest BCUT2D eigenvalue weighted by atomic mass is 11.0. The zero-order chi connectivity index (χ0) is 4.50. The van der Waals surface area contributed by atoms with Crippen LogP contribution in [0.4, 0.5) is 0 Å². The van der Waals surface area contributed by atoms with Gasteiger partial charge in [0, 0.05) is 0 Å². The Morgan fingerprint density at radius 2 is 2.00 bits per heavy atom. The van der Waals surface area contributed by atoms with Crippen LogP contribution in [-0.2, 0) is 0 Å². The number of rotatable bonds is 0. The zero-order valence-electron chi connectivity index (χ0n) is 2.63. The second-order valence-corrected chi connectivity index (χ2v) is 7.86. The van der Waals surface area contributed by atoms with Crippen molar-refractivity contribution in [1.29, 1.82) is 0 Å². The molecule has 0 aliphatic heterocycles. The van der Waals surface area contributed by atoms with Gasteiger partial charge in [0.05, 0.1) is 0 Å². The molecule has 0 N–H and O–H groups in total. The topological polar surface area (TPSA) is 0 Å². The summed E-state index contributed by atoms with van der Waals surface area (Å²) in [6.45, 7) is 1.86. The van der Waals surface area contributed by atoms with Crippen LogP contribution in [0.15, 0.2) is 0 Å². The van der Waals surface area contributed by atoms with Crippen molar-refractivity contribution in [3.05, 3.63) is 0 Å². The lowest BCUT2D eigenvalue weighted by molar-refractivity contribution is 1.39. The maximum atomic E-state index is 5.43. The van der Waals surface area contributed by atoms with Crippen molar-refractivity contribution < 1.29 is 0 Å². The molecule has 0 aromatic heterocycles. The average Bonchev–Trinajstić information content (AvgIpc) is 0.722. The molecule has 5 heavy (non-hydrogen) atoms. The average molecular weight is 269 g/mol. The summed E-state index contributed by atoms with van der Waals surface area (Å²) in [4.78, 5) is 0. The highest BCUT2D eigenvalue weighted by Gasteiger charge is 2.05. The Kier molecular flexibility index (Phi) is 2.57. The van der Waals surface area contributed by atoms with E-state index in [2.05, 4.69) is 38.5 Å². The number of hydrogen-bond donors (Lipinski definition) is 0. The summed E-state index contributed by atoms with van der Waals surface area (Å²) in [6, 6.07) is 0. The summed E-state index contributed by atoms with van der Waals surface area (Å²) < 4.78 is -0.245. The van der Waals surface area contributed by atoms with Crippen LogP contribution in [-0.4, -0.2) is 1.79 Å². The lowest BCUT2D eigenvalue weighted by Crippen LogP contribution is -1.84. The molecule has 0 bridgehead atoms. The van der Waals surface area contributed by atoms with Crippen LogP contribution >= 0.6 is 50.1 Å². The molecule has 3 heteroatoms. The van der Waals surface area contributed by atoms with Crippen LogP contribution in [0.3, 0.4) is 0 Å². The van der Waals surface area contributed by atoms with Gasteiger partial charge in [0.25, 0.3) is 0 Å². The van der Waals surface area contributed by atoms with Crippen LogP contribution < -0.4 is 0 Å². The Morgan fingerprint density at radius 1 is 2.00 bits per heavy atom. The van der Waals surface area contributed by atoms with Gasteiger partial charge in [-0.05, 0) is 29.5 Å². The maximum Gasteiger partial charge on any atom is 0.147 e. The molecule has 0 aromatic rings. The minimum Gasteiger partial charge on any atom is -0.0953 e. The van der Waals surface area contributed by atoms with Gasteiger partial charge in [-0.3, -0.25) is 0 Å². The Bertz CT molecular complexity index is 25.1. The van der Waals surface area contributed by atoms with E-state index in [1.165, 1.54) is 0 Å². The van der Waals surface area contributed by atoms with Crippen molar-refractivity contribution in [1.82, 2.24) is 0 Å². The van der Waals surface area contributed by atoms with Crippen molar-refractivity contribution in [2.24, 2.45) is 0 Å². The first-order chi connectivity index (χ1) is 2.00. The standard InChI is InChI=1S/C2H3BrClI/c1-2(3,4)5/h1H3. The first kappa shape index (κ1) is 6.50. The SMILES string of the molecule is CC(Cl)(Br)I. The second kappa shape index (κ2) is 1.98. The van der Waals surface area contributed by atoms with Crippen molar-refractivity contribution in [3.8, 4) is 0 Å². The summed E-state index contributed by atoms with van der Waals surface area (Å²) in [5.74, 6) is 0. The Labute approximate surface area is 58.5 Å². The van der Waals surface area contributed by atoms with E-state index in [1.54, 1.807) is 0 Å². The van der Waals surface area contributed by atoms with E-state index in [0.717, 1.165) is 0 Å². The number of alkyl halides is 3. The summed E-state index contributed by atoms with van der Waals surface area (Å²) in [5, 5.41) is 0. The summed E-state index contributed by atoms with van der Waals surface area (Å²) >= 11 is 10.6. The van der Waals surface area contributed by atoms with Gasteiger partial charge in [0.1, 0.15) is 1.79 Å². The first-order valence-electron chi connectivity index (χ1n) is 1.07. The van der Waals surface area contributed by atoms with E-state index < -0.39 is 0 Å². The van der Waals surface area contributed by atoms with Gasteiger partial charge in [-0.2, -0.15) is 0 Å². The van der Waals surface area contributed by atoms with Gasteiger partial charge in [-0.25, -0.2) is 0 Å². The van der Waals surface area contributed by atoms with Gasteiger partial charge < -0.3 is 0 Å². The molecule has 0 aromatic carbocycles. The first-order valence-corrected chi connectivity index (χ1v) is 3.32. The van der Waals surface area contributed by atoms with Crippen LogP contribution in [0.1, 0.15) is 6.92 Å². The fourth-order valence-electron chi connectivity index (χ4n) is 0. The molecule has 0 radical (unpaired) electrons. The molecule has 0 amide bonds. The fraction of sp³-hybridized carbons (Fsp3) is 1.00. The fourth-order valence-corrected chi connectivity index (χ4v) is 0. The molecule has 0 fully saturated rings. The minimum atomic E-state index is -0.245. The highest BCUT2D eigenvalue weighted by atomic mass is 127. The molecule has 0 heterocycles. The molecule has 0 nitrogen and oxygen atoms in total. The van der Waals surface area contributed by atoms with E-state index in [0.29, 0.717) is 0 Å². The molecule has 0 aliphatic carbocycles. The molecule has 0 rings (SSSR count). The molecule has 1 atom stereocenters. The Morgan fingerprint density at radius 3 is 2.00 bits per heavy atom. The molecule has 32 valence electrons. The normalized spacial score (nSPS) is 21.6. The van der Waals surface area contributed by atoms with E-state index in [9.17, 15) is 0 Å². The Balaban J connectivity index is 3.02. The van der Waals surface area contributed by atoms with Gasteiger partial charge in [0.2, 0.25) is 0 Å². The molecular formula is C2H3BrClI. The Hall–Kier alpha value is 1.50. The van der Waals surface area contributed by atoms with Crippen molar-refractivity contribution in [2.75, 3.05) is 0 Å². The van der Waals surface area contributed by atoms with E-state index in [-0.39, 0.29) is 1.79 Å². The van der Waals surface area contributed by atoms with Gasteiger partial charge >= 0.3 is 0 Å². The highest BCUT2D eigenvalue weighted by molar-refractivity contribution is 14.1. The molecule has 0 saturated carbocycles. The third-order valence-corrected chi connectivity index (χ3v) is 0. The molecule has 1 unspecified atom stereocenters.